The lowest BCUT2D eigenvalue weighted by atomic mass is 9.97. The van der Waals surface area contributed by atoms with Crippen LogP contribution in [0.5, 0.6) is 5.75 Å². The number of halogens is 3. The molecule has 2 rings (SSSR count). The van der Waals surface area contributed by atoms with Crippen molar-refractivity contribution in [2.45, 2.75) is 25.2 Å². The van der Waals surface area contributed by atoms with Crippen LogP contribution in [0.1, 0.15) is 18.9 Å². The van der Waals surface area contributed by atoms with Crippen molar-refractivity contribution < 1.29 is 27.8 Å². The number of hydrogen-bond acceptors (Lipinski definition) is 4. The minimum absolute atomic E-state index is 0.0973. The van der Waals surface area contributed by atoms with Gasteiger partial charge < -0.3 is 9.84 Å². The predicted octanol–water partition coefficient (Wildman–Crippen LogP) is 2.01. The minimum atomic E-state index is -4.71. The van der Waals surface area contributed by atoms with Crippen LogP contribution in [0.4, 0.5) is 13.2 Å². The summed E-state index contributed by atoms with van der Waals surface area (Å²) in [6, 6.07) is 5.86. The molecule has 1 aromatic rings. The van der Waals surface area contributed by atoms with Gasteiger partial charge in [0.1, 0.15) is 11.5 Å². The molecule has 1 atom stereocenters. The van der Waals surface area contributed by atoms with Crippen LogP contribution in [-0.2, 0) is 10.5 Å². The molecule has 0 saturated heterocycles. The number of amides is 1. The third kappa shape index (κ3) is 2.71. The van der Waals surface area contributed by atoms with E-state index in [1.165, 1.54) is 25.3 Å². The standard InChI is InChI=1S/C13H13F3N2O3/c1-8(19)18-12(20,7-11(17-18)13(14,15)16)9-4-3-5-10(6-9)21-2/h3-6,20H,7H2,1-2H3. The van der Waals surface area contributed by atoms with Crippen LogP contribution in [0.15, 0.2) is 29.4 Å². The largest absolute Gasteiger partial charge is 0.497 e. The maximum Gasteiger partial charge on any atom is 0.431 e. The molecule has 0 fully saturated rings. The number of alkyl halides is 3. The maximum atomic E-state index is 12.8. The van der Waals surface area contributed by atoms with E-state index in [1.54, 1.807) is 6.07 Å². The highest BCUT2D eigenvalue weighted by molar-refractivity contribution is 5.94. The summed E-state index contributed by atoms with van der Waals surface area (Å²) in [7, 11) is 1.39. The summed E-state index contributed by atoms with van der Waals surface area (Å²) < 4.78 is 43.4. The fourth-order valence-corrected chi connectivity index (χ4v) is 2.13. The summed E-state index contributed by atoms with van der Waals surface area (Å²) >= 11 is 0. The van der Waals surface area contributed by atoms with Crippen LogP contribution < -0.4 is 4.74 Å². The molecule has 1 N–H and O–H groups in total. The lowest BCUT2D eigenvalue weighted by molar-refractivity contribution is -0.155. The summed E-state index contributed by atoms with van der Waals surface area (Å²) in [4.78, 5) is 11.5. The number of benzene rings is 1. The molecule has 1 aliphatic heterocycles. The SMILES string of the molecule is COc1cccc(C2(O)CC(C(F)(F)F)=NN2C(C)=O)c1. The quantitative estimate of drug-likeness (QED) is 0.909. The number of nitrogens with zero attached hydrogens (tertiary/aromatic N) is 2. The highest BCUT2D eigenvalue weighted by Crippen LogP contribution is 2.40. The Morgan fingerprint density at radius 1 is 1.48 bits per heavy atom. The van der Waals surface area contributed by atoms with Crippen LogP contribution in [0.2, 0.25) is 0 Å². The van der Waals surface area contributed by atoms with E-state index in [0.29, 0.717) is 10.8 Å². The van der Waals surface area contributed by atoms with Gasteiger partial charge in [-0.05, 0) is 12.1 Å². The molecule has 5 nitrogen and oxygen atoms in total. The number of hydrogen-bond donors (Lipinski definition) is 1. The zero-order valence-corrected chi connectivity index (χ0v) is 11.3. The highest BCUT2D eigenvalue weighted by Gasteiger charge is 2.52. The molecule has 1 amide bonds. The van der Waals surface area contributed by atoms with Crippen molar-refractivity contribution in [2.24, 2.45) is 5.10 Å². The predicted molar refractivity (Wildman–Crippen MR) is 67.5 cm³/mol. The summed E-state index contributed by atoms with van der Waals surface area (Å²) in [6.07, 6.45) is -5.54. The molecule has 1 aliphatic rings. The Morgan fingerprint density at radius 3 is 2.67 bits per heavy atom. The van der Waals surface area contributed by atoms with E-state index >= 15 is 0 Å². The first-order chi connectivity index (χ1) is 9.68. The molecule has 0 saturated carbocycles. The molecule has 8 heteroatoms. The molecule has 1 unspecified atom stereocenters. The van der Waals surface area contributed by atoms with Crippen LogP contribution in [-0.4, -0.2) is 35.0 Å². The van der Waals surface area contributed by atoms with E-state index in [-0.39, 0.29) is 5.56 Å². The molecular weight excluding hydrogens is 289 g/mol. The van der Waals surface area contributed by atoms with Gasteiger partial charge in [0, 0.05) is 12.5 Å². The van der Waals surface area contributed by atoms with Crippen molar-refractivity contribution in [2.75, 3.05) is 7.11 Å². The Labute approximate surface area is 118 Å². The molecule has 0 aromatic heterocycles. The molecule has 0 bridgehead atoms. The third-order valence-corrected chi connectivity index (χ3v) is 3.14. The molecule has 114 valence electrons. The Hall–Kier alpha value is -2.09. The van der Waals surface area contributed by atoms with Gasteiger partial charge in [0.15, 0.2) is 5.72 Å². The van der Waals surface area contributed by atoms with Gasteiger partial charge in [-0.3, -0.25) is 4.79 Å². The van der Waals surface area contributed by atoms with E-state index in [2.05, 4.69) is 5.10 Å². The monoisotopic (exact) mass is 302 g/mol. The van der Waals surface area contributed by atoms with E-state index < -0.39 is 29.9 Å². The highest BCUT2D eigenvalue weighted by atomic mass is 19.4. The molecule has 0 radical (unpaired) electrons. The van der Waals surface area contributed by atoms with Crippen molar-refractivity contribution in [1.82, 2.24) is 5.01 Å². The van der Waals surface area contributed by atoms with Gasteiger partial charge >= 0.3 is 6.18 Å². The average Bonchev–Trinajstić information content (AvgIpc) is 2.78. The second-order valence-corrected chi connectivity index (χ2v) is 4.60. The lowest BCUT2D eigenvalue weighted by Gasteiger charge is -2.30. The Balaban J connectivity index is 2.47. The minimum Gasteiger partial charge on any atom is -0.497 e. The Morgan fingerprint density at radius 2 is 2.14 bits per heavy atom. The van der Waals surface area contributed by atoms with Gasteiger partial charge in [-0.1, -0.05) is 12.1 Å². The zero-order chi connectivity index (χ0) is 15.8. The van der Waals surface area contributed by atoms with Gasteiger partial charge in [-0.25, -0.2) is 0 Å². The van der Waals surface area contributed by atoms with Crippen molar-refractivity contribution >= 4 is 11.6 Å². The molecular formula is C13H13F3N2O3. The van der Waals surface area contributed by atoms with Gasteiger partial charge in [-0.2, -0.15) is 23.3 Å². The van der Waals surface area contributed by atoms with E-state index in [9.17, 15) is 23.1 Å². The second kappa shape index (κ2) is 5.03. The molecule has 1 aromatic carbocycles. The smallest absolute Gasteiger partial charge is 0.431 e. The number of methoxy groups -OCH3 is 1. The maximum absolute atomic E-state index is 12.8. The van der Waals surface area contributed by atoms with E-state index in [0.717, 1.165) is 6.92 Å². The van der Waals surface area contributed by atoms with Crippen LogP contribution in [0.25, 0.3) is 0 Å². The zero-order valence-electron chi connectivity index (χ0n) is 11.3. The van der Waals surface area contributed by atoms with Crippen molar-refractivity contribution in [3.05, 3.63) is 29.8 Å². The fraction of sp³-hybridized carbons (Fsp3) is 0.385. The van der Waals surface area contributed by atoms with Crippen molar-refractivity contribution in [3.63, 3.8) is 0 Å². The summed E-state index contributed by atoms with van der Waals surface area (Å²) in [5.41, 5.74) is -3.28. The van der Waals surface area contributed by atoms with Crippen molar-refractivity contribution in [1.29, 1.82) is 0 Å². The van der Waals surface area contributed by atoms with E-state index in [4.69, 9.17) is 4.74 Å². The average molecular weight is 302 g/mol. The van der Waals surface area contributed by atoms with Gasteiger partial charge in [0.05, 0.1) is 13.5 Å². The Bertz CT molecular complexity index is 601. The van der Waals surface area contributed by atoms with Crippen LogP contribution in [0, 0.1) is 0 Å². The second-order valence-electron chi connectivity index (χ2n) is 4.60. The normalized spacial score (nSPS) is 22.2. The third-order valence-electron chi connectivity index (χ3n) is 3.14. The molecule has 0 spiro atoms. The van der Waals surface area contributed by atoms with Crippen molar-refractivity contribution in [3.8, 4) is 5.75 Å². The molecule has 1 heterocycles. The summed E-state index contributed by atoms with van der Waals surface area (Å²) in [5.74, 6) is -0.440. The number of aliphatic hydroxyl groups is 1. The topological polar surface area (TPSA) is 62.1 Å². The summed E-state index contributed by atoms with van der Waals surface area (Å²) in [6.45, 7) is 1.04. The van der Waals surface area contributed by atoms with Gasteiger partial charge in [0.2, 0.25) is 5.91 Å². The molecule has 21 heavy (non-hydrogen) atoms. The van der Waals surface area contributed by atoms with Crippen LogP contribution >= 0.6 is 0 Å². The number of ether oxygens (including phenoxy) is 1. The van der Waals surface area contributed by atoms with Gasteiger partial charge in [-0.15, -0.1) is 0 Å². The summed E-state index contributed by atoms with van der Waals surface area (Å²) in [5, 5.41) is 14.3. The van der Waals surface area contributed by atoms with Crippen LogP contribution in [0.3, 0.4) is 0 Å². The van der Waals surface area contributed by atoms with Gasteiger partial charge in [0.25, 0.3) is 0 Å². The van der Waals surface area contributed by atoms with E-state index in [1.807, 2.05) is 0 Å². The lowest BCUT2D eigenvalue weighted by Crippen LogP contribution is -2.42. The first-order valence-electron chi connectivity index (χ1n) is 6.01. The molecule has 0 aliphatic carbocycles. The fourth-order valence-electron chi connectivity index (χ4n) is 2.13. The number of hydrazone groups is 1. The number of carbonyl (C=O) groups is 1. The first-order valence-corrected chi connectivity index (χ1v) is 6.01. The Kier molecular flexibility index (Phi) is 3.66. The number of carbonyl (C=O) groups excluding carboxylic acids is 1. The number of rotatable bonds is 2. The first kappa shape index (κ1) is 15.3.